The van der Waals surface area contributed by atoms with Crippen LogP contribution < -0.4 is 5.32 Å². The van der Waals surface area contributed by atoms with Crippen LogP contribution in [0.15, 0.2) is 0 Å². The van der Waals surface area contributed by atoms with E-state index in [-0.39, 0.29) is 37.8 Å². The molecule has 0 radical (unpaired) electrons. The molecule has 5 heteroatoms. The van der Waals surface area contributed by atoms with Crippen LogP contribution in [-0.4, -0.2) is 53.4 Å². The van der Waals surface area contributed by atoms with Gasteiger partial charge in [-0.25, -0.2) is 0 Å². The van der Waals surface area contributed by atoms with Crippen LogP contribution in [0.4, 0.5) is 0 Å². The van der Waals surface area contributed by atoms with Gasteiger partial charge in [-0.15, -0.1) is 0 Å². The van der Waals surface area contributed by atoms with Crippen LogP contribution in [0.2, 0.25) is 0 Å². The number of nitrogens with zero attached hydrogens (tertiary/aromatic N) is 1. The summed E-state index contributed by atoms with van der Waals surface area (Å²) in [6.45, 7) is 0.318. The number of likely N-dealkylation sites (N-methyl/N-ethyl adjacent to an activating group) is 1. The zero-order valence-corrected chi connectivity index (χ0v) is 6.68. The molecule has 0 aromatic carbocycles. The number of hydrogen-bond donors (Lipinski definition) is 2. The summed E-state index contributed by atoms with van der Waals surface area (Å²) in [4.78, 5) is 11.9. The first-order valence-corrected chi connectivity index (χ1v) is 2.29. The number of guanidine groups is 1. The molecular weight excluding hydrogens is 130 g/mol. The van der Waals surface area contributed by atoms with Gasteiger partial charge in [-0.05, 0) is 0 Å². The van der Waals surface area contributed by atoms with Gasteiger partial charge in [0.15, 0.2) is 5.96 Å². The molecule has 1 rings (SSSR count). The maximum atomic E-state index is 10.4. The number of rotatable bonds is 0. The molecule has 1 fully saturated rings. The Bertz CT molecular complexity index is 154. The first-order valence-electron chi connectivity index (χ1n) is 2.29. The Morgan fingerprint density at radius 1 is 1.89 bits per heavy atom. The van der Waals surface area contributed by atoms with Crippen molar-refractivity contribution in [3.63, 3.8) is 0 Å². The third kappa shape index (κ3) is 1.83. The predicted octanol–water partition coefficient (Wildman–Crippen LogP) is -1.17. The van der Waals surface area contributed by atoms with Crippen LogP contribution in [0.5, 0.6) is 0 Å². The second-order valence-corrected chi connectivity index (χ2v) is 1.75. The smallest absolute Gasteiger partial charge is 1.00 e. The van der Waals surface area contributed by atoms with Crippen LogP contribution in [0, 0.1) is 5.41 Å². The Labute approximate surface area is 72.2 Å². The van der Waals surface area contributed by atoms with Gasteiger partial charge in [0.1, 0.15) is 0 Å². The molecule has 0 unspecified atom stereocenters. The second kappa shape index (κ2) is 3.02. The molecule has 1 aliphatic rings. The molecule has 0 bridgehead atoms. The number of nitrogens with one attached hydrogen (secondary N) is 2. The second-order valence-electron chi connectivity index (χ2n) is 1.75. The number of hydrogen-bond acceptors (Lipinski definition) is 2. The summed E-state index contributed by atoms with van der Waals surface area (Å²) in [5.41, 5.74) is 0. The van der Waals surface area contributed by atoms with E-state index < -0.39 is 0 Å². The third-order valence-electron chi connectivity index (χ3n) is 1.02. The van der Waals surface area contributed by atoms with E-state index in [9.17, 15) is 4.79 Å². The van der Waals surface area contributed by atoms with Crippen molar-refractivity contribution in [3.05, 3.63) is 0 Å². The molecule has 0 atom stereocenters. The SMILES string of the molecule is CN1CC(=O)NC1=N.[H-].[H-].[Mg+2]. The van der Waals surface area contributed by atoms with Gasteiger partial charge in [-0.2, -0.15) is 0 Å². The van der Waals surface area contributed by atoms with Crippen LogP contribution in [-0.2, 0) is 4.79 Å². The number of carbonyl (C=O) groups excluding carboxylic acids is 1. The van der Waals surface area contributed by atoms with Crippen LogP contribution in [0.25, 0.3) is 0 Å². The fourth-order valence-electron chi connectivity index (χ4n) is 0.561. The maximum absolute atomic E-state index is 10.4. The van der Waals surface area contributed by atoms with Crippen LogP contribution in [0.3, 0.4) is 0 Å². The molecular formula is C4H9MgN3O. The van der Waals surface area contributed by atoms with Gasteiger partial charge < -0.3 is 7.75 Å². The molecule has 1 saturated heterocycles. The molecule has 0 aromatic rings. The largest absolute Gasteiger partial charge is 2.00 e. The Balaban J connectivity index is -0.000000213. The van der Waals surface area contributed by atoms with Gasteiger partial charge in [-0.3, -0.25) is 15.5 Å². The molecule has 1 heterocycles. The number of amides is 1. The minimum Gasteiger partial charge on any atom is -1.00 e. The van der Waals surface area contributed by atoms with Gasteiger partial charge in [0.2, 0.25) is 5.91 Å². The standard InChI is InChI=1S/C4H7N3O.Mg.2H/c1-7-2-3(8)6-4(7)5;;;/h2H2,1H3,(H2,5,6,8);;;/q;+2;2*-1. The Morgan fingerprint density at radius 2 is 2.44 bits per heavy atom. The monoisotopic (exact) mass is 139 g/mol. The van der Waals surface area contributed by atoms with Crippen molar-refractivity contribution in [2.24, 2.45) is 0 Å². The molecule has 4 nitrogen and oxygen atoms in total. The summed E-state index contributed by atoms with van der Waals surface area (Å²) in [6, 6.07) is 0. The average molecular weight is 139 g/mol. The van der Waals surface area contributed by atoms with Gasteiger partial charge in [0.05, 0.1) is 6.54 Å². The molecule has 48 valence electrons. The van der Waals surface area contributed by atoms with E-state index in [2.05, 4.69) is 5.32 Å². The molecule has 1 aliphatic heterocycles. The first-order chi connectivity index (χ1) is 3.70. The van der Waals surface area contributed by atoms with Gasteiger partial charge in [0.25, 0.3) is 0 Å². The fourth-order valence-corrected chi connectivity index (χ4v) is 0.561. The quantitative estimate of drug-likeness (QED) is 0.416. The molecule has 1 amide bonds. The fraction of sp³-hybridized carbons (Fsp3) is 0.500. The van der Waals surface area contributed by atoms with Crippen molar-refractivity contribution >= 4 is 34.9 Å². The van der Waals surface area contributed by atoms with Crippen molar-refractivity contribution in [2.75, 3.05) is 13.6 Å². The Hall–Kier alpha value is -0.294. The minimum absolute atomic E-state index is 0. The van der Waals surface area contributed by atoms with E-state index in [1.165, 1.54) is 0 Å². The van der Waals surface area contributed by atoms with Crippen molar-refractivity contribution in [1.82, 2.24) is 10.2 Å². The predicted molar refractivity (Wildman–Crippen MR) is 36.5 cm³/mol. The summed E-state index contributed by atoms with van der Waals surface area (Å²) in [7, 11) is 1.69. The van der Waals surface area contributed by atoms with Crippen molar-refractivity contribution in [1.29, 1.82) is 5.41 Å². The minimum atomic E-state index is -0.0995. The number of carbonyl (C=O) groups is 1. The summed E-state index contributed by atoms with van der Waals surface area (Å²) in [6.07, 6.45) is 0. The summed E-state index contributed by atoms with van der Waals surface area (Å²) >= 11 is 0. The van der Waals surface area contributed by atoms with E-state index in [1.54, 1.807) is 11.9 Å². The van der Waals surface area contributed by atoms with Crippen molar-refractivity contribution in [2.45, 2.75) is 0 Å². The first kappa shape index (κ1) is 8.71. The van der Waals surface area contributed by atoms with E-state index in [4.69, 9.17) is 5.41 Å². The Kier molecular flexibility index (Phi) is 2.92. The maximum Gasteiger partial charge on any atom is 2.00 e. The molecule has 0 saturated carbocycles. The van der Waals surface area contributed by atoms with E-state index in [0.717, 1.165) is 0 Å². The van der Waals surface area contributed by atoms with Gasteiger partial charge in [0, 0.05) is 7.05 Å². The average Bonchev–Trinajstić information content (AvgIpc) is 1.85. The molecule has 0 spiro atoms. The van der Waals surface area contributed by atoms with Crippen LogP contribution >= 0.6 is 0 Å². The van der Waals surface area contributed by atoms with Crippen LogP contribution in [0.1, 0.15) is 2.85 Å². The normalized spacial score (nSPS) is 17.2. The summed E-state index contributed by atoms with van der Waals surface area (Å²) < 4.78 is 0. The molecule has 0 aliphatic carbocycles. The summed E-state index contributed by atoms with van der Waals surface area (Å²) in [5.74, 6) is 0.0903. The Morgan fingerprint density at radius 3 is 2.56 bits per heavy atom. The van der Waals surface area contributed by atoms with E-state index in [0.29, 0.717) is 6.54 Å². The summed E-state index contributed by atoms with van der Waals surface area (Å²) in [5, 5.41) is 9.32. The molecule has 9 heavy (non-hydrogen) atoms. The van der Waals surface area contributed by atoms with Gasteiger partial charge in [-0.1, -0.05) is 0 Å². The zero-order valence-electron chi connectivity index (χ0n) is 7.27. The molecule has 2 N–H and O–H groups in total. The van der Waals surface area contributed by atoms with E-state index >= 15 is 0 Å². The zero-order chi connectivity index (χ0) is 6.15. The van der Waals surface area contributed by atoms with Crippen molar-refractivity contribution in [3.8, 4) is 0 Å². The van der Waals surface area contributed by atoms with Crippen molar-refractivity contribution < 1.29 is 7.65 Å². The third-order valence-corrected chi connectivity index (χ3v) is 1.02. The topological polar surface area (TPSA) is 56.2 Å². The molecule has 0 aromatic heterocycles. The van der Waals surface area contributed by atoms with Gasteiger partial charge >= 0.3 is 23.1 Å². The van der Waals surface area contributed by atoms with E-state index in [1.807, 2.05) is 0 Å².